The molecule has 184 valence electrons. The topological polar surface area (TPSA) is 161 Å². The molecule has 1 amide bonds. The average molecular weight is 484 g/mol. The van der Waals surface area contributed by atoms with Crippen molar-refractivity contribution in [3.05, 3.63) is 48.6 Å². The van der Waals surface area contributed by atoms with E-state index in [0.717, 1.165) is 0 Å². The second-order valence-corrected chi connectivity index (χ2v) is 8.29. The highest BCUT2D eigenvalue weighted by Crippen LogP contribution is 2.21. The van der Waals surface area contributed by atoms with Crippen molar-refractivity contribution in [2.24, 2.45) is 0 Å². The molecule has 3 unspecified atom stereocenters. The molecule has 3 atom stereocenters. The van der Waals surface area contributed by atoms with Gasteiger partial charge >= 0.3 is 17.9 Å². The van der Waals surface area contributed by atoms with Gasteiger partial charge in [-0.3, -0.25) is 14.4 Å². The van der Waals surface area contributed by atoms with Crippen LogP contribution >= 0.6 is 11.8 Å². The van der Waals surface area contributed by atoms with E-state index < -0.39 is 41.2 Å². The first-order valence-corrected chi connectivity index (χ1v) is 11.6. The third-order valence-corrected chi connectivity index (χ3v) is 5.52. The van der Waals surface area contributed by atoms with Crippen molar-refractivity contribution in [1.82, 2.24) is 5.32 Å². The fraction of sp³-hybridized carbons (Fsp3) is 0.478. The molecule has 0 fully saturated rings. The molecule has 0 aromatic heterocycles. The van der Waals surface area contributed by atoms with E-state index in [0.29, 0.717) is 12.8 Å². The molecule has 0 aliphatic rings. The van der Waals surface area contributed by atoms with Crippen molar-refractivity contribution in [2.75, 3.05) is 5.75 Å². The number of aliphatic hydroxyl groups is 1. The normalized spacial score (nSPS) is 14.7. The fourth-order valence-electron chi connectivity index (χ4n) is 2.51. The van der Waals surface area contributed by atoms with Crippen LogP contribution in [0.1, 0.15) is 45.4 Å². The van der Waals surface area contributed by atoms with Gasteiger partial charge in [0.2, 0.25) is 5.91 Å². The zero-order valence-corrected chi connectivity index (χ0v) is 19.4. The summed E-state index contributed by atoms with van der Waals surface area (Å²) in [6.07, 6.45) is 15.1. The Hall–Kier alpha value is -2.85. The van der Waals surface area contributed by atoms with Gasteiger partial charge in [-0.15, -0.1) is 11.8 Å². The number of hydrogen-bond acceptors (Lipinski definition) is 6. The number of carbonyl (C=O) groups is 4. The van der Waals surface area contributed by atoms with Crippen LogP contribution in [0.5, 0.6) is 0 Å². The summed E-state index contributed by atoms with van der Waals surface area (Å²) in [4.78, 5) is 43.6. The van der Waals surface area contributed by atoms with Crippen LogP contribution in [0.2, 0.25) is 0 Å². The molecule has 0 saturated heterocycles. The summed E-state index contributed by atoms with van der Waals surface area (Å²) in [5.41, 5.74) is 0. The van der Waals surface area contributed by atoms with Crippen molar-refractivity contribution < 1.29 is 39.6 Å². The van der Waals surface area contributed by atoms with E-state index in [4.69, 9.17) is 10.2 Å². The van der Waals surface area contributed by atoms with Gasteiger partial charge in [-0.1, -0.05) is 48.6 Å². The summed E-state index contributed by atoms with van der Waals surface area (Å²) >= 11 is 1.17. The lowest BCUT2D eigenvalue weighted by molar-refractivity contribution is -0.141. The lowest BCUT2D eigenvalue weighted by Crippen LogP contribution is -2.42. The lowest BCUT2D eigenvalue weighted by atomic mass is 10.1. The number of rotatable bonds is 18. The average Bonchev–Trinajstić information content (AvgIpc) is 2.71. The van der Waals surface area contributed by atoms with Gasteiger partial charge in [0.25, 0.3) is 0 Å². The Kier molecular flexibility index (Phi) is 17.1. The van der Waals surface area contributed by atoms with E-state index in [1.807, 2.05) is 18.2 Å². The maximum Gasteiger partial charge on any atom is 0.327 e. The SMILES string of the molecule is CC(=O)NC(CSC(C=CC=CC=CCC=CCCC(=O)O)C(O)CCCC(=O)O)C(=O)O. The minimum atomic E-state index is -1.18. The Morgan fingerprint density at radius 1 is 0.909 bits per heavy atom. The third kappa shape index (κ3) is 18.4. The van der Waals surface area contributed by atoms with Gasteiger partial charge in [0, 0.05) is 30.8 Å². The third-order valence-electron chi connectivity index (χ3n) is 4.13. The number of nitrogens with one attached hydrogen (secondary N) is 1. The standard InChI is InChI=1S/C23H33NO8S/c1-17(25)24-18(23(31)32)16-33-20(19(26)12-11-15-22(29)30)13-9-7-5-3-2-4-6-8-10-14-21(27)28/h2-3,5-9,13,18-20,26H,4,10-12,14-16H2,1H3,(H,24,25)(H,27,28)(H,29,30)(H,31,32). The molecule has 0 aliphatic heterocycles. The van der Waals surface area contributed by atoms with Gasteiger partial charge in [0.15, 0.2) is 0 Å². The molecule has 0 bridgehead atoms. The molecular formula is C23H33NO8S. The first-order valence-electron chi connectivity index (χ1n) is 10.5. The van der Waals surface area contributed by atoms with Crippen LogP contribution in [0, 0.1) is 0 Å². The second-order valence-electron chi connectivity index (χ2n) is 7.08. The maximum atomic E-state index is 11.3. The minimum absolute atomic E-state index is 0.0394. The summed E-state index contributed by atoms with van der Waals surface area (Å²) in [7, 11) is 0. The summed E-state index contributed by atoms with van der Waals surface area (Å²) in [6.45, 7) is 1.23. The molecule has 33 heavy (non-hydrogen) atoms. The lowest BCUT2D eigenvalue weighted by Gasteiger charge is -2.21. The zero-order chi connectivity index (χ0) is 25.1. The van der Waals surface area contributed by atoms with Crippen molar-refractivity contribution in [3.8, 4) is 0 Å². The molecule has 0 aromatic carbocycles. The maximum absolute atomic E-state index is 11.3. The molecule has 10 heteroatoms. The number of aliphatic carboxylic acids is 3. The van der Waals surface area contributed by atoms with Gasteiger partial charge in [-0.05, 0) is 25.7 Å². The molecule has 0 rings (SSSR count). The molecule has 0 aromatic rings. The number of carboxylic acid groups (broad SMARTS) is 3. The fourth-order valence-corrected chi connectivity index (χ4v) is 3.71. The highest BCUT2D eigenvalue weighted by Gasteiger charge is 2.23. The highest BCUT2D eigenvalue weighted by molar-refractivity contribution is 8.00. The van der Waals surface area contributed by atoms with Crippen LogP contribution < -0.4 is 5.32 Å². The number of hydrogen-bond donors (Lipinski definition) is 5. The number of thioether (sulfide) groups is 1. The molecule has 0 spiro atoms. The number of allylic oxidation sites excluding steroid dienone is 7. The molecule has 5 N–H and O–H groups in total. The minimum Gasteiger partial charge on any atom is -0.481 e. The number of carbonyl (C=O) groups excluding carboxylic acids is 1. The van der Waals surface area contributed by atoms with E-state index in [2.05, 4.69) is 5.32 Å². The zero-order valence-electron chi connectivity index (χ0n) is 18.6. The molecule has 0 aliphatic carbocycles. The summed E-state index contributed by atoms with van der Waals surface area (Å²) < 4.78 is 0. The van der Waals surface area contributed by atoms with Crippen LogP contribution in [0.15, 0.2) is 48.6 Å². The van der Waals surface area contributed by atoms with Crippen LogP contribution in [-0.4, -0.2) is 67.4 Å². The monoisotopic (exact) mass is 483 g/mol. The van der Waals surface area contributed by atoms with Crippen LogP contribution in [-0.2, 0) is 19.2 Å². The summed E-state index contributed by atoms with van der Waals surface area (Å²) in [5.74, 6) is -3.39. The number of amides is 1. The largest absolute Gasteiger partial charge is 0.481 e. The van der Waals surface area contributed by atoms with Crippen molar-refractivity contribution in [3.63, 3.8) is 0 Å². The molecule has 0 radical (unpaired) electrons. The van der Waals surface area contributed by atoms with Gasteiger partial charge in [-0.25, -0.2) is 4.79 Å². The van der Waals surface area contributed by atoms with Crippen molar-refractivity contribution in [2.45, 2.75) is 62.8 Å². The predicted molar refractivity (Wildman–Crippen MR) is 127 cm³/mol. The van der Waals surface area contributed by atoms with E-state index in [1.54, 1.807) is 30.4 Å². The Morgan fingerprint density at radius 2 is 1.58 bits per heavy atom. The molecule has 0 heterocycles. The van der Waals surface area contributed by atoms with Gasteiger partial charge in [0.1, 0.15) is 6.04 Å². The first kappa shape index (κ1) is 30.1. The van der Waals surface area contributed by atoms with Crippen LogP contribution in [0.4, 0.5) is 0 Å². The Morgan fingerprint density at radius 3 is 2.18 bits per heavy atom. The second kappa shape index (κ2) is 18.7. The molecule has 0 saturated carbocycles. The Bertz CT molecular complexity index is 745. The van der Waals surface area contributed by atoms with Gasteiger partial charge in [0.05, 0.1) is 6.10 Å². The van der Waals surface area contributed by atoms with E-state index in [-0.39, 0.29) is 31.4 Å². The number of carboxylic acids is 3. The quantitative estimate of drug-likeness (QED) is 0.146. The smallest absolute Gasteiger partial charge is 0.327 e. The van der Waals surface area contributed by atoms with Crippen LogP contribution in [0.3, 0.4) is 0 Å². The highest BCUT2D eigenvalue weighted by atomic mass is 32.2. The molecular weight excluding hydrogens is 450 g/mol. The van der Waals surface area contributed by atoms with E-state index in [1.165, 1.54) is 18.7 Å². The molecule has 9 nitrogen and oxygen atoms in total. The van der Waals surface area contributed by atoms with Crippen molar-refractivity contribution in [1.29, 1.82) is 0 Å². The van der Waals surface area contributed by atoms with Gasteiger partial charge in [-0.2, -0.15) is 0 Å². The van der Waals surface area contributed by atoms with Crippen molar-refractivity contribution >= 4 is 35.6 Å². The summed E-state index contributed by atoms with van der Waals surface area (Å²) in [5, 5.41) is 38.9. The first-order chi connectivity index (χ1) is 15.6. The Balaban J connectivity index is 4.83. The predicted octanol–water partition coefficient (Wildman–Crippen LogP) is 2.77. The van der Waals surface area contributed by atoms with Gasteiger partial charge < -0.3 is 25.7 Å². The number of aliphatic hydroxyl groups excluding tert-OH is 1. The summed E-state index contributed by atoms with van der Waals surface area (Å²) in [6, 6.07) is -1.10. The Labute approximate surface area is 198 Å². The van der Waals surface area contributed by atoms with Crippen LogP contribution in [0.25, 0.3) is 0 Å². The van der Waals surface area contributed by atoms with E-state index in [9.17, 15) is 29.4 Å². The van der Waals surface area contributed by atoms with E-state index >= 15 is 0 Å².